The normalized spacial score (nSPS) is 14.4. The fraction of sp³-hybridized carbons (Fsp3) is 0.381. The van der Waals surface area contributed by atoms with Gasteiger partial charge in [-0.3, -0.25) is 14.2 Å². The largest absolute Gasteiger partial charge is 0.495 e. The zero-order valence-electron chi connectivity index (χ0n) is 16.7. The third-order valence-electron chi connectivity index (χ3n) is 5.18. The molecule has 2 aromatic heterocycles. The number of carbonyl (C=O) groups excluding carboxylic acids is 1. The highest BCUT2D eigenvalue weighted by molar-refractivity contribution is 8.00. The summed E-state index contributed by atoms with van der Waals surface area (Å²) in [6.45, 7) is 1.81. The topological polar surface area (TPSA) is 73.2 Å². The van der Waals surface area contributed by atoms with E-state index in [1.165, 1.54) is 16.6 Å². The van der Waals surface area contributed by atoms with Gasteiger partial charge in [-0.15, -0.1) is 11.3 Å². The lowest BCUT2D eigenvalue weighted by atomic mass is 9.97. The lowest BCUT2D eigenvalue weighted by molar-refractivity contribution is -0.119. The molecule has 3 aromatic rings. The van der Waals surface area contributed by atoms with E-state index in [9.17, 15) is 9.59 Å². The number of rotatable bonds is 5. The Morgan fingerprint density at radius 2 is 2.07 bits per heavy atom. The maximum atomic E-state index is 13.7. The Kier molecular flexibility index (Phi) is 5.65. The molecule has 1 aliphatic carbocycles. The van der Waals surface area contributed by atoms with Crippen molar-refractivity contribution < 1.29 is 9.53 Å². The van der Waals surface area contributed by atoms with Gasteiger partial charge in [-0.2, -0.15) is 0 Å². The third-order valence-corrected chi connectivity index (χ3v) is 7.42. The minimum absolute atomic E-state index is 0.0921. The van der Waals surface area contributed by atoms with Gasteiger partial charge in [0.05, 0.1) is 23.4 Å². The monoisotopic (exact) mass is 429 g/mol. The maximum Gasteiger partial charge on any atom is 0.267 e. The molecule has 0 saturated carbocycles. The van der Waals surface area contributed by atoms with Gasteiger partial charge in [0.15, 0.2) is 5.16 Å². The van der Waals surface area contributed by atoms with Crippen LogP contribution in [0.4, 0.5) is 0 Å². The van der Waals surface area contributed by atoms with Crippen molar-refractivity contribution in [2.24, 2.45) is 0 Å². The molecule has 8 heteroatoms. The van der Waals surface area contributed by atoms with E-state index in [-0.39, 0.29) is 16.7 Å². The second kappa shape index (κ2) is 8.20. The first kappa shape index (κ1) is 20.0. The van der Waals surface area contributed by atoms with E-state index in [1.807, 2.05) is 31.2 Å². The number of hydrogen-bond acceptors (Lipinski definition) is 6. The molecule has 4 rings (SSSR count). The molecule has 0 bridgehead atoms. The predicted octanol–water partition coefficient (Wildman–Crippen LogP) is 3.56. The van der Waals surface area contributed by atoms with E-state index in [0.29, 0.717) is 22.0 Å². The zero-order valence-corrected chi connectivity index (χ0v) is 18.3. The van der Waals surface area contributed by atoms with E-state index >= 15 is 0 Å². The quantitative estimate of drug-likeness (QED) is 0.496. The third kappa shape index (κ3) is 3.55. The summed E-state index contributed by atoms with van der Waals surface area (Å²) in [4.78, 5) is 32.7. The molecule has 0 fully saturated rings. The predicted molar refractivity (Wildman–Crippen MR) is 118 cm³/mol. The number of ether oxygens (including phenoxy) is 1. The zero-order chi connectivity index (χ0) is 20.5. The second-order valence-electron chi connectivity index (χ2n) is 6.97. The van der Waals surface area contributed by atoms with Gasteiger partial charge in [-0.05, 0) is 50.3 Å². The number of nitrogens with one attached hydrogen (secondary N) is 1. The second-order valence-corrected chi connectivity index (χ2v) is 9.36. The molecule has 0 radical (unpaired) electrons. The SMILES string of the molecule is CNC(=O)C(C)Sc1nc2sc3c(c2c(=O)n1-c1ccccc1OC)CCCC3. The van der Waals surface area contributed by atoms with Crippen molar-refractivity contribution in [2.45, 2.75) is 43.0 Å². The number of thioether (sulfide) groups is 1. The minimum atomic E-state index is -0.389. The summed E-state index contributed by atoms with van der Waals surface area (Å²) in [6.07, 6.45) is 4.16. The van der Waals surface area contributed by atoms with Crippen LogP contribution in [0.2, 0.25) is 0 Å². The van der Waals surface area contributed by atoms with Crippen LogP contribution in [0.25, 0.3) is 15.9 Å². The van der Waals surface area contributed by atoms with Crippen LogP contribution in [0, 0.1) is 0 Å². The van der Waals surface area contributed by atoms with Crippen molar-refractivity contribution in [2.75, 3.05) is 14.2 Å². The summed E-state index contributed by atoms with van der Waals surface area (Å²) in [5.41, 5.74) is 1.69. The lowest BCUT2D eigenvalue weighted by Gasteiger charge is -2.17. The van der Waals surface area contributed by atoms with Gasteiger partial charge >= 0.3 is 0 Å². The van der Waals surface area contributed by atoms with Crippen molar-refractivity contribution in [1.29, 1.82) is 0 Å². The molecule has 1 amide bonds. The van der Waals surface area contributed by atoms with Gasteiger partial charge < -0.3 is 10.1 Å². The molecule has 1 aromatic carbocycles. The Hall–Kier alpha value is -2.32. The molecular formula is C21H23N3O3S2. The summed E-state index contributed by atoms with van der Waals surface area (Å²) in [7, 11) is 3.19. The minimum Gasteiger partial charge on any atom is -0.495 e. The first-order valence-corrected chi connectivity index (χ1v) is 11.3. The molecule has 0 saturated heterocycles. The Labute approximate surface area is 177 Å². The number of benzene rings is 1. The molecule has 0 aliphatic heterocycles. The number of methoxy groups -OCH3 is 1. The number of amides is 1. The summed E-state index contributed by atoms with van der Waals surface area (Å²) in [6, 6.07) is 7.41. The van der Waals surface area contributed by atoms with Crippen LogP contribution < -0.4 is 15.6 Å². The maximum absolute atomic E-state index is 13.7. The van der Waals surface area contributed by atoms with E-state index in [4.69, 9.17) is 9.72 Å². The van der Waals surface area contributed by atoms with Crippen molar-refractivity contribution in [3.8, 4) is 11.4 Å². The van der Waals surface area contributed by atoms with Gasteiger partial charge in [-0.1, -0.05) is 23.9 Å². The summed E-state index contributed by atoms with van der Waals surface area (Å²) >= 11 is 2.90. The van der Waals surface area contributed by atoms with Gasteiger partial charge in [0, 0.05) is 11.9 Å². The fourth-order valence-electron chi connectivity index (χ4n) is 3.71. The molecule has 1 unspecified atom stereocenters. The van der Waals surface area contributed by atoms with E-state index in [0.717, 1.165) is 36.1 Å². The van der Waals surface area contributed by atoms with Crippen LogP contribution in [0.1, 0.15) is 30.2 Å². The van der Waals surface area contributed by atoms with Crippen LogP contribution in [0.15, 0.2) is 34.2 Å². The molecular weight excluding hydrogens is 406 g/mol. The number of carbonyl (C=O) groups is 1. The van der Waals surface area contributed by atoms with Crippen LogP contribution in [0.5, 0.6) is 5.75 Å². The van der Waals surface area contributed by atoms with Crippen molar-refractivity contribution in [3.63, 3.8) is 0 Å². The average Bonchev–Trinajstić information content (AvgIpc) is 3.11. The highest BCUT2D eigenvalue weighted by atomic mass is 32.2. The van der Waals surface area contributed by atoms with Crippen molar-refractivity contribution in [1.82, 2.24) is 14.9 Å². The van der Waals surface area contributed by atoms with Gasteiger partial charge in [0.25, 0.3) is 5.56 Å². The molecule has 6 nitrogen and oxygen atoms in total. The molecule has 152 valence electrons. The number of para-hydroxylation sites is 2. The van der Waals surface area contributed by atoms with Crippen molar-refractivity contribution in [3.05, 3.63) is 45.1 Å². The molecule has 29 heavy (non-hydrogen) atoms. The number of aryl methyl sites for hydroxylation is 2. The summed E-state index contributed by atoms with van der Waals surface area (Å²) in [5.74, 6) is 0.482. The van der Waals surface area contributed by atoms with Crippen LogP contribution in [-0.4, -0.2) is 34.9 Å². The molecule has 1 atom stereocenters. The highest BCUT2D eigenvalue weighted by Crippen LogP contribution is 2.36. The van der Waals surface area contributed by atoms with Crippen LogP contribution >= 0.6 is 23.1 Å². The van der Waals surface area contributed by atoms with E-state index < -0.39 is 0 Å². The molecule has 1 N–H and O–H groups in total. The van der Waals surface area contributed by atoms with Gasteiger partial charge in [-0.25, -0.2) is 4.98 Å². The average molecular weight is 430 g/mol. The Morgan fingerprint density at radius 3 is 2.83 bits per heavy atom. The number of fused-ring (bicyclic) bond motifs is 3. The van der Waals surface area contributed by atoms with Gasteiger partial charge in [0.2, 0.25) is 5.91 Å². The summed E-state index contributed by atoms with van der Waals surface area (Å²) in [5, 5.41) is 3.49. The smallest absolute Gasteiger partial charge is 0.267 e. The molecule has 0 spiro atoms. The molecule has 2 heterocycles. The highest BCUT2D eigenvalue weighted by Gasteiger charge is 2.25. The Bertz CT molecular complexity index is 1140. The molecule has 1 aliphatic rings. The first-order chi connectivity index (χ1) is 14.0. The van der Waals surface area contributed by atoms with E-state index in [1.54, 1.807) is 30.1 Å². The number of thiophene rings is 1. The van der Waals surface area contributed by atoms with Crippen LogP contribution in [0.3, 0.4) is 0 Å². The van der Waals surface area contributed by atoms with E-state index in [2.05, 4.69) is 5.32 Å². The Morgan fingerprint density at radius 1 is 1.31 bits per heavy atom. The summed E-state index contributed by atoms with van der Waals surface area (Å²) < 4.78 is 7.12. The number of nitrogens with zero attached hydrogens (tertiary/aromatic N) is 2. The lowest BCUT2D eigenvalue weighted by Crippen LogP contribution is -2.29. The van der Waals surface area contributed by atoms with Crippen LogP contribution in [-0.2, 0) is 17.6 Å². The number of aromatic nitrogens is 2. The standard InChI is InChI=1S/C21H23N3O3S2/c1-12(18(25)22-2)28-21-23-19-17(13-8-4-7-11-16(13)29-19)20(26)24(21)14-9-5-6-10-15(14)27-3/h5-6,9-10,12H,4,7-8,11H2,1-3H3,(H,22,25). The number of hydrogen-bond donors (Lipinski definition) is 1. The first-order valence-electron chi connectivity index (χ1n) is 9.64. The van der Waals surface area contributed by atoms with Gasteiger partial charge in [0.1, 0.15) is 10.6 Å². The van der Waals surface area contributed by atoms with Crippen molar-refractivity contribution >= 4 is 39.2 Å². The Balaban J connectivity index is 1.99. The fourth-order valence-corrected chi connectivity index (χ4v) is 5.99.